The van der Waals surface area contributed by atoms with E-state index < -0.39 is 0 Å². The lowest BCUT2D eigenvalue weighted by Crippen LogP contribution is -2.06. The lowest BCUT2D eigenvalue weighted by molar-refractivity contribution is 0.913. The average molecular weight is 294 g/mol. The van der Waals surface area contributed by atoms with Crippen LogP contribution in [0.5, 0.6) is 0 Å². The molecular weight excluding hydrogens is 284 g/mol. The van der Waals surface area contributed by atoms with Crippen LogP contribution in [0.1, 0.15) is 11.6 Å². The van der Waals surface area contributed by atoms with Crippen LogP contribution >= 0.6 is 34.2 Å². The number of rotatable bonds is 2. The fourth-order valence-electron chi connectivity index (χ4n) is 0.856. The van der Waals surface area contributed by atoms with Gasteiger partial charge >= 0.3 is 0 Å². The minimum Gasteiger partial charge on any atom is -0.321 e. The lowest BCUT2D eigenvalue weighted by Gasteiger charge is -2.07. The molecule has 0 fully saturated rings. The maximum Gasteiger partial charge on any atom is 0.0539 e. The number of hydrogen-bond acceptors (Lipinski definition) is 1. The maximum atomic E-state index is 5.85. The van der Waals surface area contributed by atoms with E-state index >= 15 is 0 Å². The Morgan fingerprint density at radius 1 is 1.58 bits per heavy atom. The zero-order valence-electron chi connectivity index (χ0n) is 6.43. The van der Waals surface area contributed by atoms with Crippen molar-refractivity contribution < 1.29 is 0 Å². The summed E-state index contributed by atoms with van der Waals surface area (Å²) in [5, 5.41) is 0.760. The maximum absolute atomic E-state index is 5.85. The molecule has 1 rings (SSSR count). The van der Waals surface area contributed by atoms with Gasteiger partial charge in [0.25, 0.3) is 0 Å². The van der Waals surface area contributed by atoms with E-state index in [1.165, 1.54) is 0 Å². The fourth-order valence-corrected chi connectivity index (χ4v) is 1.51. The molecule has 0 unspecified atom stereocenters. The zero-order chi connectivity index (χ0) is 9.14. The molecule has 0 amide bonds. The SMILES string of the molecule is C=C[C@H](N)c1ccc(Cl)c(I)c1. The van der Waals surface area contributed by atoms with Crippen molar-refractivity contribution in [3.8, 4) is 0 Å². The second kappa shape index (κ2) is 4.25. The Morgan fingerprint density at radius 3 is 2.75 bits per heavy atom. The number of benzene rings is 1. The summed E-state index contributed by atoms with van der Waals surface area (Å²) in [4.78, 5) is 0. The van der Waals surface area contributed by atoms with Crippen molar-refractivity contribution in [2.75, 3.05) is 0 Å². The number of hydrogen-bond donors (Lipinski definition) is 1. The minimum atomic E-state index is -0.101. The summed E-state index contributed by atoms with van der Waals surface area (Å²) in [6.07, 6.45) is 1.71. The molecular formula is C9H9ClIN. The highest BCUT2D eigenvalue weighted by Gasteiger charge is 2.03. The standard InChI is InChI=1S/C9H9ClIN/c1-2-9(12)6-3-4-7(10)8(11)5-6/h2-5,9H,1,12H2/t9-/m0/s1. The molecule has 1 atom stereocenters. The van der Waals surface area contributed by atoms with Crippen molar-refractivity contribution >= 4 is 34.2 Å². The smallest absolute Gasteiger partial charge is 0.0539 e. The van der Waals surface area contributed by atoms with Gasteiger partial charge in [-0.15, -0.1) is 6.58 Å². The van der Waals surface area contributed by atoms with Crippen LogP contribution in [-0.2, 0) is 0 Å². The molecule has 3 heteroatoms. The van der Waals surface area contributed by atoms with E-state index in [9.17, 15) is 0 Å². The largest absolute Gasteiger partial charge is 0.321 e. The molecule has 12 heavy (non-hydrogen) atoms. The molecule has 0 spiro atoms. The summed E-state index contributed by atoms with van der Waals surface area (Å²) >= 11 is 8.03. The molecule has 0 bridgehead atoms. The molecule has 0 aliphatic heterocycles. The topological polar surface area (TPSA) is 26.0 Å². The summed E-state index contributed by atoms with van der Waals surface area (Å²) in [7, 11) is 0. The quantitative estimate of drug-likeness (QED) is 0.658. The van der Waals surface area contributed by atoms with E-state index in [0.717, 1.165) is 14.2 Å². The highest BCUT2D eigenvalue weighted by Crippen LogP contribution is 2.22. The van der Waals surface area contributed by atoms with Gasteiger partial charge in [0.05, 0.1) is 5.02 Å². The molecule has 1 nitrogen and oxygen atoms in total. The predicted octanol–water partition coefficient (Wildman–Crippen LogP) is 3.13. The molecule has 0 aromatic heterocycles. The van der Waals surface area contributed by atoms with Gasteiger partial charge < -0.3 is 5.73 Å². The summed E-state index contributed by atoms with van der Waals surface area (Å²) < 4.78 is 1.02. The van der Waals surface area contributed by atoms with E-state index in [1.54, 1.807) is 6.08 Å². The van der Waals surface area contributed by atoms with Crippen LogP contribution < -0.4 is 5.73 Å². The first-order chi connectivity index (χ1) is 5.65. The highest BCUT2D eigenvalue weighted by molar-refractivity contribution is 14.1. The third-order valence-corrected chi connectivity index (χ3v) is 3.12. The predicted molar refractivity (Wildman–Crippen MR) is 61.3 cm³/mol. The Kier molecular flexibility index (Phi) is 3.55. The fraction of sp³-hybridized carbons (Fsp3) is 0.111. The van der Waals surface area contributed by atoms with Crippen molar-refractivity contribution in [1.82, 2.24) is 0 Å². The van der Waals surface area contributed by atoms with E-state index in [-0.39, 0.29) is 6.04 Å². The van der Waals surface area contributed by atoms with Crippen molar-refractivity contribution in [3.63, 3.8) is 0 Å². The highest BCUT2D eigenvalue weighted by atomic mass is 127. The molecule has 1 aromatic rings. The Bertz CT molecular complexity index is 299. The van der Waals surface area contributed by atoms with Crippen molar-refractivity contribution in [2.45, 2.75) is 6.04 Å². The van der Waals surface area contributed by atoms with Gasteiger partial charge in [0.15, 0.2) is 0 Å². The molecule has 0 aliphatic carbocycles. The summed E-state index contributed by atoms with van der Waals surface area (Å²) in [6.45, 7) is 3.63. The van der Waals surface area contributed by atoms with Gasteiger partial charge in [-0.2, -0.15) is 0 Å². The molecule has 0 saturated heterocycles. The lowest BCUT2D eigenvalue weighted by atomic mass is 10.1. The van der Waals surface area contributed by atoms with Crippen molar-refractivity contribution in [2.24, 2.45) is 5.73 Å². The second-order valence-electron chi connectivity index (χ2n) is 2.44. The van der Waals surface area contributed by atoms with Gasteiger partial charge in [0, 0.05) is 9.61 Å². The van der Waals surface area contributed by atoms with Gasteiger partial charge in [-0.3, -0.25) is 0 Å². The van der Waals surface area contributed by atoms with Crippen LogP contribution in [0.15, 0.2) is 30.9 Å². The van der Waals surface area contributed by atoms with Gasteiger partial charge in [-0.25, -0.2) is 0 Å². The summed E-state index contributed by atoms with van der Waals surface area (Å²) in [5.74, 6) is 0. The Balaban J connectivity index is 3.04. The second-order valence-corrected chi connectivity index (χ2v) is 4.00. The van der Waals surface area contributed by atoms with Crippen LogP contribution in [0.4, 0.5) is 0 Å². The van der Waals surface area contributed by atoms with Gasteiger partial charge in [0.2, 0.25) is 0 Å². The van der Waals surface area contributed by atoms with Crippen LogP contribution in [0.25, 0.3) is 0 Å². The van der Waals surface area contributed by atoms with E-state index in [4.69, 9.17) is 17.3 Å². The van der Waals surface area contributed by atoms with E-state index in [2.05, 4.69) is 29.2 Å². The molecule has 0 saturated carbocycles. The van der Waals surface area contributed by atoms with Crippen molar-refractivity contribution in [1.29, 1.82) is 0 Å². The van der Waals surface area contributed by atoms with E-state index in [1.807, 2.05) is 18.2 Å². The first-order valence-electron chi connectivity index (χ1n) is 3.48. The van der Waals surface area contributed by atoms with Crippen LogP contribution in [0, 0.1) is 3.57 Å². The van der Waals surface area contributed by atoms with Gasteiger partial charge in [-0.1, -0.05) is 23.7 Å². The Labute approximate surface area is 90.7 Å². The van der Waals surface area contributed by atoms with Crippen LogP contribution in [0.2, 0.25) is 5.02 Å². The minimum absolute atomic E-state index is 0.101. The molecule has 0 radical (unpaired) electrons. The van der Waals surface area contributed by atoms with Crippen molar-refractivity contribution in [3.05, 3.63) is 45.0 Å². The molecule has 1 aromatic carbocycles. The van der Waals surface area contributed by atoms with E-state index in [0.29, 0.717) is 0 Å². The normalized spacial score (nSPS) is 12.6. The third kappa shape index (κ3) is 2.21. The van der Waals surface area contributed by atoms with Crippen LogP contribution in [-0.4, -0.2) is 0 Å². The Morgan fingerprint density at radius 2 is 2.25 bits per heavy atom. The van der Waals surface area contributed by atoms with Gasteiger partial charge in [0.1, 0.15) is 0 Å². The Hall–Kier alpha value is -0.0600. The zero-order valence-corrected chi connectivity index (χ0v) is 9.34. The summed E-state index contributed by atoms with van der Waals surface area (Å²) in [5.41, 5.74) is 6.79. The van der Waals surface area contributed by atoms with Crippen LogP contribution in [0.3, 0.4) is 0 Å². The molecule has 2 N–H and O–H groups in total. The monoisotopic (exact) mass is 293 g/mol. The third-order valence-electron chi connectivity index (χ3n) is 1.58. The number of nitrogens with two attached hydrogens (primary N) is 1. The first-order valence-corrected chi connectivity index (χ1v) is 4.94. The van der Waals surface area contributed by atoms with Gasteiger partial charge in [-0.05, 0) is 40.3 Å². The molecule has 0 aliphatic rings. The molecule has 0 heterocycles. The number of halogens is 2. The first kappa shape index (κ1) is 10.0. The average Bonchev–Trinajstić information content (AvgIpc) is 2.08. The summed E-state index contributed by atoms with van der Waals surface area (Å²) in [6, 6.07) is 5.63. The molecule has 64 valence electrons.